The number of pyridine rings is 1. The zero-order chi connectivity index (χ0) is 19.6. The van der Waals surface area contributed by atoms with Gasteiger partial charge in [0.05, 0.1) is 9.73 Å². The molecule has 0 fully saturated rings. The maximum Gasteiger partial charge on any atom is 0.205 e. The summed E-state index contributed by atoms with van der Waals surface area (Å²) in [6.07, 6.45) is 3.01. The number of nitrogens with zero attached hydrogens (tertiary/aromatic N) is 2. The lowest BCUT2D eigenvalue weighted by molar-refractivity contribution is 0.104. The second-order valence-corrected chi connectivity index (χ2v) is 9.12. The molecule has 0 spiro atoms. The minimum absolute atomic E-state index is 0.0407. The van der Waals surface area contributed by atoms with Crippen molar-refractivity contribution >= 4 is 45.6 Å². The van der Waals surface area contributed by atoms with Crippen molar-refractivity contribution in [1.82, 2.24) is 9.38 Å². The van der Waals surface area contributed by atoms with Crippen molar-refractivity contribution < 1.29 is 4.79 Å². The Kier molecular flexibility index (Phi) is 4.92. The van der Waals surface area contributed by atoms with Gasteiger partial charge in [0, 0.05) is 17.5 Å². The van der Waals surface area contributed by atoms with Crippen molar-refractivity contribution in [2.45, 2.75) is 10.6 Å². The molecule has 0 saturated carbocycles. The number of thiophene rings is 1. The number of thioether (sulfide) groups is 1. The molecule has 3 nitrogen and oxygen atoms in total. The van der Waals surface area contributed by atoms with Crippen LogP contribution in [-0.4, -0.2) is 20.9 Å². The molecule has 0 N–H and O–H groups in total. The van der Waals surface area contributed by atoms with E-state index in [1.165, 1.54) is 5.56 Å². The van der Waals surface area contributed by atoms with Crippen molar-refractivity contribution in [3.05, 3.63) is 101 Å². The van der Waals surface area contributed by atoms with Gasteiger partial charge in [-0.05, 0) is 24.1 Å². The van der Waals surface area contributed by atoms with Crippen LogP contribution in [-0.2, 0) is 6.42 Å². The number of imidazole rings is 1. The number of aromatic nitrogens is 2. The fourth-order valence-corrected chi connectivity index (χ4v) is 5.93. The highest BCUT2D eigenvalue weighted by Gasteiger charge is 2.23. The van der Waals surface area contributed by atoms with Gasteiger partial charge >= 0.3 is 0 Å². The van der Waals surface area contributed by atoms with Crippen molar-refractivity contribution in [3.8, 4) is 0 Å². The molecule has 0 aliphatic carbocycles. The second-order valence-electron chi connectivity index (χ2n) is 6.74. The van der Waals surface area contributed by atoms with E-state index < -0.39 is 0 Å². The average molecular weight is 415 g/mol. The molecule has 5 aromatic rings. The Morgan fingerprint density at radius 2 is 1.66 bits per heavy atom. The van der Waals surface area contributed by atoms with Gasteiger partial charge in [-0.1, -0.05) is 66.7 Å². The van der Waals surface area contributed by atoms with Crippen LogP contribution >= 0.6 is 23.1 Å². The van der Waals surface area contributed by atoms with E-state index in [9.17, 15) is 4.79 Å². The third-order valence-electron chi connectivity index (χ3n) is 4.84. The first kappa shape index (κ1) is 18.2. The van der Waals surface area contributed by atoms with Crippen LogP contribution in [0.25, 0.3) is 16.7 Å². The zero-order valence-electron chi connectivity index (χ0n) is 15.6. The van der Waals surface area contributed by atoms with E-state index in [-0.39, 0.29) is 5.78 Å². The fourth-order valence-electron chi connectivity index (χ4n) is 3.42. The van der Waals surface area contributed by atoms with E-state index in [2.05, 4.69) is 28.7 Å². The number of aryl methyl sites for hydroxylation is 1. The quantitative estimate of drug-likeness (QED) is 0.248. The molecular formula is C24H18N2OS2. The highest BCUT2D eigenvalue weighted by Crippen LogP contribution is 2.39. The summed E-state index contributed by atoms with van der Waals surface area (Å²) in [5.74, 6) is 0.998. The van der Waals surface area contributed by atoms with E-state index in [0.717, 1.165) is 37.9 Å². The molecule has 142 valence electrons. The summed E-state index contributed by atoms with van der Waals surface area (Å²) in [6.45, 7) is 0. The van der Waals surface area contributed by atoms with Crippen LogP contribution in [0.2, 0.25) is 0 Å². The van der Waals surface area contributed by atoms with Crippen LogP contribution in [0.15, 0.2) is 89.3 Å². The molecule has 29 heavy (non-hydrogen) atoms. The van der Waals surface area contributed by atoms with Gasteiger partial charge < -0.3 is 0 Å². The summed E-state index contributed by atoms with van der Waals surface area (Å²) >= 11 is 3.37. The standard InChI is InChI=1S/C24H18N2OS2/c27-22(18-11-5-2-6-12-18)23-20-21(26-15-8-7-13-19(26)25-20)24(29-23)28-16-14-17-9-3-1-4-10-17/h1-13,15H,14,16H2. The average Bonchev–Trinajstić information content (AvgIpc) is 3.32. The van der Waals surface area contributed by atoms with Gasteiger partial charge in [0.2, 0.25) is 5.78 Å². The normalized spacial score (nSPS) is 11.3. The van der Waals surface area contributed by atoms with Gasteiger partial charge in [-0.25, -0.2) is 4.98 Å². The summed E-state index contributed by atoms with van der Waals surface area (Å²) in [5, 5.41) is 0. The van der Waals surface area contributed by atoms with E-state index >= 15 is 0 Å². The van der Waals surface area contributed by atoms with Crippen LogP contribution in [0.5, 0.6) is 0 Å². The summed E-state index contributed by atoms with van der Waals surface area (Å²) < 4.78 is 3.24. The SMILES string of the molecule is O=C(c1ccccc1)c1sc(SCCc2ccccc2)c2c1nc1ccccn12. The third-order valence-corrected chi connectivity index (χ3v) is 7.27. The molecule has 0 atom stereocenters. The number of fused-ring (bicyclic) bond motifs is 3. The fraction of sp³-hybridized carbons (Fsp3) is 0.0833. The largest absolute Gasteiger partial charge is 0.298 e. The Hall–Kier alpha value is -2.89. The molecule has 5 rings (SSSR count). The van der Waals surface area contributed by atoms with Crippen molar-refractivity contribution in [2.24, 2.45) is 0 Å². The maximum absolute atomic E-state index is 13.2. The molecule has 0 bridgehead atoms. The zero-order valence-corrected chi connectivity index (χ0v) is 17.2. The molecule has 0 amide bonds. The van der Waals surface area contributed by atoms with Crippen molar-refractivity contribution in [2.75, 3.05) is 5.75 Å². The van der Waals surface area contributed by atoms with Gasteiger partial charge in [-0.2, -0.15) is 0 Å². The Morgan fingerprint density at radius 3 is 2.45 bits per heavy atom. The molecule has 2 aromatic carbocycles. The van der Waals surface area contributed by atoms with Crippen LogP contribution in [0.1, 0.15) is 20.8 Å². The first-order valence-electron chi connectivity index (χ1n) is 9.47. The first-order chi connectivity index (χ1) is 14.3. The van der Waals surface area contributed by atoms with Gasteiger partial charge in [0.25, 0.3) is 0 Å². The Bertz CT molecular complexity index is 1290. The molecule has 0 unspecified atom stereocenters. The highest BCUT2D eigenvalue weighted by molar-refractivity contribution is 8.01. The summed E-state index contributed by atoms with van der Waals surface area (Å²) in [4.78, 5) is 18.7. The van der Waals surface area contributed by atoms with E-state index in [1.54, 1.807) is 23.1 Å². The van der Waals surface area contributed by atoms with Crippen molar-refractivity contribution in [1.29, 1.82) is 0 Å². The Balaban J connectivity index is 1.55. The van der Waals surface area contributed by atoms with Gasteiger partial charge in [-0.3, -0.25) is 9.20 Å². The number of hydrogen-bond acceptors (Lipinski definition) is 4. The second kappa shape index (κ2) is 7.85. The Morgan fingerprint density at radius 1 is 0.931 bits per heavy atom. The molecule has 3 heterocycles. The smallest absolute Gasteiger partial charge is 0.205 e. The van der Waals surface area contributed by atoms with Crippen LogP contribution in [0.3, 0.4) is 0 Å². The summed E-state index contributed by atoms with van der Waals surface area (Å²) in [7, 11) is 0. The van der Waals surface area contributed by atoms with Gasteiger partial charge in [-0.15, -0.1) is 23.1 Å². The summed E-state index contributed by atoms with van der Waals surface area (Å²) in [5.41, 5.74) is 4.75. The number of rotatable bonds is 6. The van der Waals surface area contributed by atoms with Gasteiger partial charge in [0.15, 0.2) is 0 Å². The highest BCUT2D eigenvalue weighted by atomic mass is 32.2. The molecular weight excluding hydrogens is 396 g/mol. The number of hydrogen-bond donors (Lipinski definition) is 0. The monoisotopic (exact) mass is 414 g/mol. The minimum atomic E-state index is 0.0407. The topological polar surface area (TPSA) is 34.4 Å². The van der Waals surface area contributed by atoms with Crippen molar-refractivity contribution in [3.63, 3.8) is 0 Å². The number of benzene rings is 2. The molecule has 5 heteroatoms. The van der Waals surface area contributed by atoms with E-state index in [1.807, 2.05) is 60.8 Å². The molecule has 0 saturated heterocycles. The van der Waals surface area contributed by atoms with Gasteiger partial charge in [0.1, 0.15) is 16.0 Å². The first-order valence-corrected chi connectivity index (χ1v) is 11.3. The minimum Gasteiger partial charge on any atom is -0.298 e. The lowest BCUT2D eigenvalue weighted by Gasteiger charge is -2.01. The maximum atomic E-state index is 13.2. The van der Waals surface area contributed by atoms with Crippen LogP contribution in [0, 0.1) is 0 Å². The lowest BCUT2D eigenvalue weighted by atomic mass is 10.1. The summed E-state index contributed by atoms with van der Waals surface area (Å²) in [6, 6.07) is 25.9. The molecule has 3 aromatic heterocycles. The number of ketones is 1. The lowest BCUT2D eigenvalue weighted by Crippen LogP contribution is -1.98. The molecule has 0 aliphatic heterocycles. The predicted molar refractivity (Wildman–Crippen MR) is 121 cm³/mol. The van der Waals surface area contributed by atoms with E-state index in [0.29, 0.717) is 5.56 Å². The predicted octanol–water partition coefficient (Wildman–Crippen LogP) is 6.11. The van der Waals surface area contributed by atoms with Crippen LogP contribution in [0.4, 0.5) is 0 Å². The number of carbonyl (C=O) groups is 1. The Labute approximate surface area is 177 Å². The molecule has 0 radical (unpaired) electrons. The molecule has 0 aliphatic rings. The van der Waals surface area contributed by atoms with Crippen LogP contribution < -0.4 is 0 Å². The number of carbonyl (C=O) groups excluding carboxylic acids is 1. The third kappa shape index (κ3) is 3.48. The van der Waals surface area contributed by atoms with E-state index in [4.69, 9.17) is 4.98 Å².